The molecule has 0 aromatic rings. The second-order valence-electron chi connectivity index (χ2n) is 11.1. The van der Waals surface area contributed by atoms with Crippen LogP contribution in [0.4, 0.5) is 0 Å². The molecule has 0 radical (unpaired) electrons. The van der Waals surface area contributed by atoms with Gasteiger partial charge in [-0.3, -0.25) is 9.05 Å². The number of phosphoric ester groups is 1. The highest BCUT2D eigenvalue weighted by atomic mass is 32.2. The van der Waals surface area contributed by atoms with Crippen molar-refractivity contribution in [1.82, 2.24) is 0 Å². The van der Waals surface area contributed by atoms with Gasteiger partial charge in [0.2, 0.25) is 0 Å². The molecule has 8 heteroatoms. The van der Waals surface area contributed by atoms with Crippen LogP contribution in [0.2, 0.25) is 0 Å². The number of hydrogen-bond donors (Lipinski definition) is 2. The van der Waals surface area contributed by atoms with E-state index in [0.717, 1.165) is 11.5 Å². The van der Waals surface area contributed by atoms with Gasteiger partial charge >= 0.3 is 7.82 Å². The summed E-state index contributed by atoms with van der Waals surface area (Å²) in [6, 6.07) is 0. The highest BCUT2D eigenvalue weighted by Gasteiger charge is 2.30. The molecule has 2 N–H and O–H groups in total. The molecule has 3 atom stereocenters. The zero-order valence-electron chi connectivity index (χ0n) is 23.7. The standard InChI is InChI=1S/C27H58NO5PS/c1-6-7-8-9-10-11-12-13-14-15-16-17-18-19-20-23-35-25-26(2)27(24-29)33-34(30,31)32-22-21-28(3,4)5/h26-27,29H,6-25H2,1-5H3/p+1. The Labute approximate surface area is 222 Å². The van der Waals surface area contributed by atoms with Gasteiger partial charge in [0.25, 0.3) is 0 Å². The van der Waals surface area contributed by atoms with Crippen molar-refractivity contribution in [2.24, 2.45) is 5.92 Å². The van der Waals surface area contributed by atoms with Gasteiger partial charge in [-0.1, -0.05) is 104 Å². The van der Waals surface area contributed by atoms with Gasteiger partial charge in [0, 0.05) is 0 Å². The van der Waals surface area contributed by atoms with Crippen molar-refractivity contribution in [2.75, 3.05) is 52.4 Å². The highest BCUT2D eigenvalue weighted by Crippen LogP contribution is 2.45. The Hall–Kier alpha value is 0.380. The lowest BCUT2D eigenvalue weighted by atomic mass is 10.0. The lowest BCUT2D eigenvalue weighted by Crippen LogP contribution is -2.37. The largest absolute Gasteiger partial charge is 0.472 e. The van der Waals surface area contributed by atoms with Gasteiger partial charge in [0.05, 0.1) is 33.9 Å². The number of thioether (sulfide) groups is 1. The Balaban J connectivity index is 3.65. The Morgan fingerprint density at radius 2 is 1.29 bits per heavy atom. The SMILES string of the molecule is CCCCCCCCCCCCCCCCCSCC(C)C(CO)OP(=O)(O)OCC[N+](C)(C)C. The molecule has 0 amide bonds. The second kappa shape index (κ2) is 22.4. The molecule has 0 aliphatic carbocycles. The van der Waals surface area contributed by atoms with Crippen LogP contribution in [0.1, 0.15) is 110 Å². The highest BCUT2D eigenvalue weighted by molar-refractivity contribution is 7.99. The molecule has 0 spiro atoms. The maximum atomic E-state index is 12.2. The molecular formula is C27H59NO5PS+. The Kier molecular flexibility index (Phi) is 22.6. The molecule has 0 heterocycles. The van der Waals surface area contributed by atoms with E-state index in [-0.39, 0.29) is 19.1 Å². The number of phosphoric acid groups is 1. The molecule has 0 aliphatic heterocycles. The molecule has 0 rings (SSSR count). The molecule has 0 aromatic carbocycles. The number of aliphatic hydroxyl groups excluding tert-OH is 1. The first-order valence-corrected chi connectivity index (χ1v) is 16.9. The summed E-state index contributed by atoms with van der Waals surface area (Å²) in [5.74, 6) is 1.85. The minimum atomic E-state index is -4.16. The van der Waals surface area contributed by atoms with Gasteiger partial charge in [0.1, 0.15) is 13.2 Å². The first kappa shape index (κ1) is 35.4. The third kappa shape index (κ3) is 24.5. The molecule has 0 saturated heterocycles. The Morgan fingerprint density at radius 3 is 1.71 bits per heavy atom. The smallest absolute Gasteiger partial charge is 0.394 e. The molecule has 0 aliphatic rings. The lowest BCUT2D eigenvalue weighted by molar-refractivity contribution is -0.870. The summed E-state index contributed by atoms with van der Waals surface area (Å²) in [6.07, 6.45) is 19.9. The van der Waals surface area contributed by atoms with Gasteiger partial charge in [0.15, 0.2) is 0 Å². The summed E-state index contributed by atoms with van der Waals surface area (Å²) < 4.78 is 23.2. The predicted molar refractivity (Wildman–Crippen MR) is 152 cm³/mol. The molecule has 0 fully saturated rings. The fraction of sp³-hybridized carbons (Fsp3) is 1.00. The normalized spacial score (nSPS) is 15.7. The van der Waals surface area contributed by atoms with Gasteiger partial charge in [-0.2, -0.15) is 11.8 Å². The van der Waals surface area contributed by atoms with E-state index < -0.39 is 13.9 Å². The van der Waals surface area contributed by atoms with Crippen molar-refractivity contribution in [3.05, 3.63) is 0 Å². The molecule has 3 unspecified atom stereocenters. The minimum absolute atomic E-state index is 0.0242. The van der Waals surface area contributed by atoms with Crippen LogP contribution in [0.15, 0.2) is 0 Å². The van der Waals surface area contributed by atoms with Crippen molar-refractivity contribution >= 4 is 19.6 Å². The summed E-state index contributed by atoms with van der Waals surface area (Å²) >= 11 is 1.83. The fourth-order valence-corrected chi connectivity index (χ4v) is 6.05. The third-order valence-corrected chi connectivity index (χ3v) is 8.76. The molecule has 0 saturated carbocycles. The molecule has 6 nitrogen and oxygen atoms in total. The zero-order valence-corrected chi connectivity index (χ0v) is 25.4. The molecule has 35 heavy (non-hydrogen) atoms. The molecule has 212 valence electrons. The number of nitrogens with zero attached hydrogens (tertiary/aromatic N) is 1. The van der Waals surface area contributed by atoms with Crippen LogP contribution < -0.4 is 0 Å². The number of likely N-dealkylation sites (N-methyl/N-ethyl adjacent to an activating group) is 1. The summed E-state index contributed by atoms with van der Waals surface area (Å²) in [4.78, 5) is 9.97. The zero-order chi connectivity index (χ0) is 26.4. The summed E-state index contributed by atoms with van der Waals surface area (Å²) in [6.45, 7) is 4.67. The maximum Gasteiger partial charge on any atom is 0.472 e. The van der Waals surface area contributed by atoms with Crippen LogP contribution in [-0.4, -0.2) is 73.0 Å². The van der Waals surface area contributed by atoms with Crippen LogP contribution in [0, 0.1) is 5.92 Å². The third-order valence-electron chi connectivity index (χ3n) is 6.37. The van der Waals surface area contributed by atoms with E-state index in [1.807, 2.05) is 39.8 Å². The van der Waals surface area contributed by atoms with Crippen molar-refractivity contribution < 1.29 is 28.1 Å². The quantitative estimate of drug-likeness (QED) is 0.0675. The maximum absolute atomic E-state index is 12.2. The van der Waals surface area contributed by atoms with E-state index in [1.54, 1.807) is 0 Å². The topological polar surface area (TPSA) is 76.0 Å². The van der Waals surface area contributed by atoms with Crippen LogP contribution in [0.3, 0.4) is 0 Å². The van der Waals surface area contributed by atoms with E-state index in [1.165, 1.54) is 96.3 Å². The van der Waals surface area contributed by atoms with E-state index >= 15 is 0 Å². The Bertz CT molecular complexity index is 518. The average molecular weight is 541 g/mol. The van der Waals surface area contributed by atoms with E-state index in [9.17, 15) is 14.6 Å². The fourth-order valence-electron chi connectivity index (χ4n) is 3.90. The van der Waals surface area contributed by atoms with Gasteiger partial charge in [-0.05, 0) is 23.8 Å². The summed E-state index contributed by atoms with van der Waals surface area (Å²) in [5.41, 5.74) is 0. The predicted octanol–water partition coefficient (Wildman–Crippen LogP) is 7.43. The number of unbranched alkanes of at least 4 members (excludes halogenated alkanes) is 14. The minimum Gasteiger partial charge on any atom is -0.394 e. The Morgan fingerprint density at radius 1 is 0.829 bits per heavy atom. The first-order chi connectivity index (χ1) is 16.6. The van der Waals surface area contributed by atoms with Crippen LogP contribution in [-0.2, 0) is 13.6 Å². The molecule has 0 bridgehead atoms. The van der Waals surface area contributed by atoms with Crippen LogP contribution >= 0.6 is 19.6 Å². The van der Waals surface area contributed by atoms with Crippen LogP contribution in [0.5, 0.6) is 0 Å². The van der Waals surface area contributed by atoms with Gasteiger partial charge in [-0.25, -0.2) is 4.57 Å². The van der Waals surface area contributed by atoms with Gasteiger partial charge in [-0.15, -0.1) is 0 Å². The monoisotopic (exact) mass is 540 g/mol. The number of hydrogen-bond acceptors (Lipinski definition) is 5. The number of quaternary nitrogens is 1. The van der Waals surface area contributed by atoms with E-state index in [4.69, 9.17) is 9.05 Å². The number of rotatable bonds is 26. The average Bonchev–Trinajstić information content (AvgIpc) is 2.78. The van der Waals surface area contributed by atoms with Crippen LogP contribution in [0.25, 0.3) is 0 Å². The molecular weight excluding hydrogens is 481 g/mol. The van der Waals surface area contributed by atoms with Gasteiger partial charge < -0.3 is 14.5 Å². The summed E-state index contributed by atoms with van der Waals surface area (Å²) in [5, 5.41) is 9.63. The number of aliphatic hydroxyl groups is 1. The van der Waals surface area contributed by atoms with Crippen molar-refractivity contribution in [3.8, 4) is 0 Å². The van der Waals surface area contributed by atoms with Crippen molar-refractivity contribution in [2.45, 2.75) is 116 Å². The first-order valence-electron chi connectivity index (χ1n) is 14.3. The second-order valence-corrected chi connectivity index (χ2v) is 13.7. The van der Waals surface area contributed by atoms with E-state index in [2.05, 4.69) is 6.92 Å². The summed E-state index contributed by atoms with van der Waals surface area (Å²) in [7, 11) is 1.80. The van der Waals surface area contributed by atoms with Crippen molar-refractivity contribution in [3.63, 3.8) is 0 Å². The van der Waals surface area contributed by atoms with Crippen molar-refractivity contribution in [1.29, 1.82) is 0 Å². The lowest BCUT2D eigenvalue weighted by Gasteiger charge is -2.26. The molecule has 0 aromatic heterocycles. The van der Waals surface area contributed by atoms with E-state index in [0.29, 0.717) is 11.0 Å².